The van der Waals surface area contributed by atoms with E-state index in [2.05, 4.69) is 67.5 Å². The highest BCUT2D eigenvalue weighted by atomic mass is 15.5. The molecule has 0 spiro atoms. The minimum Gasteiger partial charge on any atom is -0.225 e. The van der Waals surface area contributed by atoms with Crippen LogP contribution in [-0.4, -0.2) is 20.2 Å². The summed E-state index contributed by atoms with van der Waals surface area (Å²) in [4.78, 5) is 0. The van der Waals surface area contributed by atoms with E-state index in [9.17, 15) is 0 Å². The van der Waals surface area contributed by atoms with Crippen molar-refractivity contribution in [1.29, 1.82) is 0 Å². The molecule has 0 saturated carbocycles. The summed E-state index contributed by atoms with van der Waals surface area (Å²) in [5.74, 6) is 0.879. The third-order valence-electron chi connectivity index (χ3n) is 4.24. The molecule has 1 aromatic carbocycles. The summed E-state index contributed by atoms with van der Waals surface area (Å²) in [6, 6.07) is 8.58. The van der Waals surface area contributed by atoms with Crippen molar-refractivity contribution in [2.75, 3.05) is 0 Å². The van der Waals surface area contributed by atoms with Gasteiger partial charge in [-0.15, -0.1) is 5.10 Å². The fourth-order valence-electron chi connectivity index (χ4n) is 2.73. The zero-order valence-electron chi connectivity index (χ0n) is 15.0. The van der Waals surface area contributed by atoms with Gasteiger partial charge in [-0.1, -0.05) is 78.0 Å². The van der Waals surface area contributed by atoms with Crippen LogP contribution < -0.4 is 0 Å². The molecule has 0 amide bonds. The van der Waals surface area contributed by atoms with Gasteiger partial charge in [0.2, 0.25) is 0 Å². The van der Waals surface area contributed by atoms with E-state index in [4.69, 9.17) is 0 Å². The van der Waals surface area contributed by atoms with Crippen LogP contribution in [0.25, 0.3) is 11.4 Å². The smallest absolute Gasteiger partial charge is 0.182 e. The summed E-state index contributed by atoms with van der Waals surface area (Å²) >= 11 is 0. The van der Waals surface area contributed by atoms with Gasteiger partial charge in [0.05, 0.1) is 0 Å². The van der Waals surface area contributed by atoms with Crippen LogP contribution in [0.3, 0.4) is 0 Å². The number of aromatic nitrogens is 4. The standard InChI is InChI=1S/C19H30N4/c1-5-6-7-8-9-10-14-23-18(20-21-22-23)16-12-11-13-17(15-16)19(2,3)4/h11-13,15H,5-10,14H2,1-4H3. The van der Waals surface area contributed by atoms with E-state index >= 15 is 0 Å². The lowest BCUT2D eigenvalue weighted by atomic mass is 9.86. The molecule has 0 N–H and O–H groups in total. The molecular formula is C19H30N4. The zero-order valence-corrected chi connectivity index (χ0v) is 15.0. The summed E-state index contributed by atoms with van der Waals surface area (Å²) in [7, 11) is 0. The number of aryl methyl sites for hydroxylation is 1. The Hall–Kier alpha value is -1.71. The average molecular weight is 314 g/mol. The predicted octanol–water partition coefficient (Wildman–Crippen LogP) is 5.00. The van der Waals surface area contributed by atoms with Gasteiger partial charge in [0.1, 0.15) is 0 Å². The topological polar surface area (TPSA) is 43.6 Å². The van der Waals surface area contributed by atoms with Gasteiger partial charge in [-0.2, -0.15) is 0 Å². The molecule has 0 fully saturated rings. The zero-order chi connectivity index (χ0) is 16.7. The minimum absolute atomic E-state index is 0.133. The quantitative estimate of drug-likeness (QED) is 0.644. The highest BCUT2D eigenvalue weighted by molar-refractivity contribution is 5.56. The number of rotatable bonds is 8. The summed E-state index contributed by atoms with van der Waals surface area (Å²) in [6.07, 6.45) is 7.68. The fraction of sp³-hybridized carbons (Fsp3) is 0.632. The van der Waals surface area contributed by atoms with Gasteiger partial charge >= 0.3 is 0 Å². The van der Waals surface area contributed by atoms with Crippen molar-refractivity contribution in [2.45, 2.75) is 78.2 Å². The lowest BCUT2D eigenvalue weighted by Crippen LogP contribution is -2.11. The molecule has 0 aliphatic heterocycles. The first-order valence-corrected chi connectivity index (χ1v) is 8.89. The summed E-state index contributed by atoms with van der Waals surface area (Å²) in [6.45, 7) is 9.83. The maximum absolute atomic E-state index is 4.24. The van der Waals surface area contributed by atoms with Crippen molar-refractivity contribution in [2.24, 2.45) is 0 Å². The van der Waals surface area contributed by atoms with Crippen molar-refractivity contribution < 1.29 is 0 Å². The van der Waals surface area contributed by atoms with Gasteiger partial charge in [0.25, 0.3) is 0 Å². The lowest BCUT2D eigenvalue weighted by molar-refractivity contribution is 0.519. The Morgan fingerprint density at radius 1 is 1.00 bits per heavy atom. The number of hydrogen-bond acceptors (Lipinski definition) is 3. The summed E-state index contributed by atoms with van der Waals surface area (Å²) in [5.41, 5.74) is 2.55. The van der Waals surface area contributed by atoms with Crippen molar-refractivity contribution in [3.63, 3.8) is 0 Å². The van der Waals surface area contributed by atoms with Crippen LogP contribution in [0, 0.1) is 0 Å². The van der Waals surface area contributed by atoms with Gasteiger partial charge in [0.15, 0.2) is 5.82 Å². The normalized spacial score (nSPS) is 11.8. The molecule has 2 aromatic rings. The molecule has 4 nitrogen and oxygen atoms in total. The van der Waals surface area contributed by atoms with Crippen molar-refractivity contribution in [1.82, 2.24) is 20.2 Å². The Morgan fingerprint density at radius 2 is 1.74 bits per heavy atom. The van der Waals surface area contributed by atoms with Gasteiger partial charge in [0, 0.05) is 12.1 Å². The average Bonchev–Trinajstić information content (AvgIpc) is 2.98. The lowest BCUT2D eigenvalue weighted by Gasteiger charge is -2.19. The highest BCUT2D eigenvalue weighted by Crippen LogP contribution is 2.26. The molecule has 1 heterocycles. The van der Waals surface area contributed by atoms with Crippen LogP contribution in [0.1, 0.15) is 71.8 Å². The van der Waals surface area contributed by atoms with Crippen molar-refractivity contribution in [3.05, 3.63) is 29.8 Å². The SMILES string of the molecule is CCCCCCCCn1nnnc1-c1cccc(C(C)(C)C)c1. The largest absolute Gasteiger partial charge is 0.225 e. The number of benzene rings is 1. The van der Waals surface area contributed by atoms with Crippen LogP contribution >= 0.6 is 0 Å². The molecule has 126 valence electrons. The Morgan fingerprint density at radius 3 is 2.48 bits per heavy atom. The second-order valence-corrected chi connectivity index (χ2v) is 7.32. The molecule has 23 heavy (non-hydrogen) atoms. The van der Waals surface area contributed by atoms with Crippen LogP contribution in [0.15, 0.2) is 24.3 Å². The molecule has 0 aliphatic carbocycles. The Balaban J connectivity index is 2.01. The Labute approximate surface area is 140 Å². The van der Waals surface area contributed by atoms with E-state index in [0.717, 1.165) is 24.4 Å². The van der Waals surface area contributed by atoms with E-state index in [1.54, 1.807) is 0 Å². The third-order valence-corrected chi connectivity index (χ3v) is 4.24. The summed E-state index contributed by atoms with van der Waals surface area (Å²) < 4.78 is 1.95. The monoisotopic (exact) mass is 314 g/mol. The molecule has 0 atom stereocenters. The third kappa shape index (κ3) is 5.15. The van der Waals surface area contributed by atoms with Gasteiger partial charge in [-0.3, -0.25) is 0 Å². The highest BCUT2D eigenvalue weighted by Gasteiger charge is 2.16. The molecule has 0 saturated heterocycles. The molecule has 0 unspecified atom stereocenters. The van der Waals surface area contributed by atoms with Crippen molar-refractivity contribution in [3.8, 4) is 11.4 Å². The molecule has 0 aliphatic rings. The Bertz CT molecular complexity index is 595. The molecule has 1 aromatic heterocycles. The minimum atomic E-state index is 0.133. The first-order valence-electron chi connectivity index (χ1n) is 8.89. The van der Waals surface area contributed by atoms with E-state index in [-0.39, 0.29) is 5.41 Å². The second-order valence-electron chi connectivity index (χ2n) is 7.32. The van der Waals surface area contributed by atoms with E-state index < -0.39 is 0 Å². The summed E-state index contributed by atoms with van der Waals surface area (Å²) in [5, 5.41) is 12.3. The van der Waals surface area contributed by atoms with E-state index in [1.165, 1.54) is 37.7 Å². The van der Waals surface area contributed by atoms with Gasteiger partial charge in [-0.05, 0) is 33.9 Å². The maximum Gasteiger partial charge on any atom is 0.182 e. The molecular weight excluding hydrogens is 284 g/mol. The predicted molar refractivity (Wildman–Crippen MR) is 95.3 cm³/mol. The first-order chi connectivity index (χ1) is 11.0. The number of unbranched alkanes of at least 4 members (excludes halogenated alkanes) is 5. The van der Waals surface area contributed by atoms with Crippen LogP contribution in [0.5, 0.6) is 0 Å². The fourth-order valence-corrected chi connectivity index (χ4v) is 2.73. The Kier molecular flexibility index (Phi) is 6.31. The number of hydrogen-bond donors (Lipinski definition) is 0. The maximum atomic E-state index is 4.24. The molecule has 0 radical (unpaired) electrons. The number of nitrogens with zero attached hydrogens (tertiary/aromatic N) is 4. The van der Waals surface area contributed by atoms with E-state index in [0.29, 0.717) is 0 Å². The second kappa shape index (κ2) is 8.23. The van der Waals surface area contributed by atoms with Crippen LogP contribution in [0.4, 0.5) is 0 Å². The van der Waals surface area contributed by atoms with Crippen LogP contribution in [0.2, 0.25) is 0 Å². The first kappa shape index (κ1) is 17.6. The molecule has 0 bridgehead atoms. The van der Waals surface area contributed by atoms with Crippen LogP contribution in [-0.2, 0) is 12.0 Å². The van der Waals surface area contributed by atoms with Gasteiger partial charge in [-0.25, -0.2) is 4.68 Å². The number of tetrazole rings is 1. The van der Waals surface area contributed by atoms with Gasteiger partial charge < -0.3 is 0 Å². The van der Waals surface area contributed by atoms with E-state index in [1.807, 2.05) is 4.68 Å². The van der Waals surface area contributed by atoms with Crippen molar-refractivity contribution >= 4 is 0 Å². The molecule has 2 rings (SSSR count). The molecule has 4 heteroatoms.